The van der Waals surface area contributed by atoms with Gasteiger partial charge in [0.05, 0.1) is 28.0 Å². The lowest BCUT2D eigenvalue weighted by molar-refractivity contribution is 0.0692. The molecule has 0 atom stereocenters. The third-order valence-corrected chi connectivity index (χ3v) is 8.00. The van der Waals surface area contributed by atoms with E-state index in [2.05, 4.69) is 9.97 Å². The van der Waals surface area contributed by atoms with Gasteiger partial charge in [-0.25, -0.2) is 18.4 Å². The van der Waals surface area contributed by atoms with Gasteiger partial charge in [0.25, 0.3) is 5.91 Å². The predicted octanol–water partition coefficient (Wildman–Crippen LogP) is 2.79. The van der Waals surface area contributed by atoms with E-state index in [1.165, 1.54) is 34.5 Å². The number of nitrogens with zero attached hydrogens (tertiary/aromatic N) is 5. The van der Waals surface area contributed by atoms with Crippen molar-refractivity contribution in [2.75, 3.05) is 32.4 Å². The van der Waals surface area contributed by atoms with Gasteiger partial charge in [0.1, 0.15) is 11.1 Å². The van der Waals surface area contributed by atoms with Gasteiger partial charge in [-0.2, -0.15) is 9.57 Å². The highest BCUT2D eigenvalue weighted by molar-refractivity contribution is 7.98. The number of aromatic nitrogens is 2. The molecule has 0 unspecified atom stereocenters. The Hall–Kier alpha value is -3.20. The number of sulfonamides is 1. The number of hydrogen-bond acceptors (Lipinski definition) is 8. The Balaban J connectivity index is 1.54. The minimum Gasteiger partial charge on any atom is -0.461 e. The van der Waals surface area contributed by atoms with Crippen molar-refractivity contribution in [2.24, 2.45) is 0 Å². The second-order valence-electron chi connectivity index (χ2n) is 7.30. The fourth-order valence-corrected chi connectivity index (χ4v) is 5.85. The van der Waals surface area contributed by atoms with Crippen LogP contribution in [0.25, 0.3) is 11.6 Å². The Morgan fingerprint density at radius 1 is 1.12 bits per heavy atom. The number of amides is 1. The molecular formula is C22H21N5O4S2. The van der Waals surface area contributed by atoms with Crippen LogP contribution in [0.5, 0.6) is 0 Å². The first-order chi connectivity index (χ1) is 15.9. The molecule has 1 amide bonds. The van der Waals surface area contributed by atoms with Crippen LogP contribution in [0.3, 0.4) is 0 Å². The number of carbonyl (C=O) groups excluding carboxylic acids is 1. The molecule has 4 rings (SSSR count). The SMILES string of the molecule is CSc1nc(-c2ccco2)nc(C)c1C(=O)N1CCN(S(=O)(=O)c2ccccc2C#N)CC1. The molecule has 2 aromatic heterocycles. The van der Waals surface area contributed by atoms with Crippen LogP contribution in [0.2, 0.25) is 0 Å². The van der Waals surface area contributed by atoms with Crippen LogP contribution in [-0.4, -0.2) is 65.9 Å². The van der Waals surface area contributed by atoms with Gasteiger partial charge in [0, 0.05) is 26.2 Å². The summed E-state index contributed by atoms with van der Waals surface area (Å²) in [7, 11) is -3.84. The topological polar surface area (TPSA) is 120 Å². The molecule has 170 valence electrons. The van der Waals surface area contributed by atoms with Crippen molar-refractivity contribution in [1.82, 2.24) is 19.2 Å². The molecule has 0 radical (unpaired) electrons. The van der Waals surface area contributed by atoms with Gasteiger partial charge < -0.3 is 9.32 Å². The highest BCUT2D eigenvalue weighted by Gasteiger charge is 2.33. The summed E-state index contributed by atoms with van der Waals surface area (Å²) in [5.41, 5.74) is 1.04. The number of furan rings is 1. The second kappa shape index (κ2) is 9.35. The summed E-state index contributed by atoms with van der Waals surface area (Å²) in [6, 6.07) is 11.5. The first-order valence-electron chi connectivity index (χ1n) is 10.1. The van der Waals surface area contributed by atoms with Gasteiger partial charge in [0.2, 0.25) is 10.0 Å². The smallest absolute Gasteiger partial charge is 0.258 e. The number of aryl methyl sites for hydroxylation is 1. The molecule has 0 bridgehead atoms. The number of carbonyl (C=O) groups is 1. The number of piperazine rings is 1. The first kappa shape index (κ1) is 23.0. The summed E-state index contributed by atoms with van der Waals surface area (Å²) < 4.78 is 32.8. The van der Waals surface area contributed by atoms with Gasteiger partial charge in [-0.05, 0) is 37.4 Å². The van der Waals surface area contributed by atoms with Crippen molar-refractivity contribution in [3.8, 4) is 17.7 Å². The average Bonchev–Trinajstić information content (AvgIpc) is 3.38. The molecular weight excluding hydrogens is 462 g/mol. The largest absolute Gasteiger partial charge is 0.461 e. The molecule has 33 heavy (non-hydrogen) atoms. The maximum Gasteiger partial charge on any atom is 0.258 e. The van der Waals surface area contributed by atoms with Crippen molar-refractivity contribution in [3.63, 3.8) is 0 Å². The van der Waals surface area contributed by atoms with Crippen molar-refractivity contribution in [3.05, 3.63) is 59.5 Å². The molecule has 0 saturated carbocycles. The lowest BCUT2D eigenvalue weighted by atomic mass is 10.2. The molecule has 1 saturated heterocycles. The van der Waals surface area contributed by atoms with Gasteiger partial charge in [-0.15, -0.1) is 11.8 Å². The van der Waals surface area contributed by atoms with E-state index >= 15 is 0 Å². The highest BCUT2D eigenvalue weighted by Crippen LogP contribution is 2.27. The summed E-state index contributed by atoms with van der Waals surface area (Å²) in [6.45, 7) is 2.46. The molecule has 0 spiro atoms. The predicted molar refractivity (Wildman–Crippen MR) is 122 cm³/mol. The van der Waals surface area contributed by atoms with Crippen molar-refractivity contribution in [1.29, 1.82) is 5.26 Å². The van der Waals surface area contributed by atoms with Crippen LogP contribution in [0, 0.1) is 18.3 Å². The summed E-state index contributed by atoms with van der Waals surface area (Å²) in [6.07, 6.45) is 3.37. The average molecular weight is 484 g/mol. The van der Waals surface area contributed by atoms with Crippen LogP contribution in [0.15, 0.2) is 57.0 Å². The molecule has 3 heterocycles. The standard InChI is InChI=1S/C22H21N5O4S2/c1-15-19(21(32-2)25-20(24-15)17-7-5-13-31-17)22(28)26-9-11-27(12-10-26)33(29,30)18-8-4-3-6-16(18)14-23/h3-8,13H,9-12H2,1-2H3. The van der Waals surface area contributed by atoms with Crippen molar-refractivity contribution < 1.29 is 17.6 Å². The first-order valence-corrected chi connectivity index (χ1v) is 12.8. The minimum atomic E-state index is -3.84. The Bertz CT molecular complexity index is 1330. The van der Waals surface area contributed by atoms with E-state index in [1.807, 2.05) is 12.3 Å². The second-order valence-corrected chi connectivity index (χ2v) is 10.00. The highest BCUT2D eigenvalue weighted by atomic mass is 32.2. The van der Waals surface area contributed by atoms with E-state index in [0.29, 0.717) is 27.9 Å². The van der Waals surface area contributed by atoms with Crippen LogP contribution in [-0.2, 0) is 10.0 Å². The zero-order valence-electron chi connectivity index (χ0n) is 18.1. The van der Waals surface area contributed by atoms with E-state index in [1.54, 1.807) is 36.1 Å². The molecule has 0 N–H and O–H groups in total. The van der Waals surface area contributed by atoms with E-state index in [9.17, 15) is 18.5 Å². The van der Waals surface area contributed by atoms with Gasteiger partial charge in [0.15, 0.2) is 11.6 Å². The summed E-state index contributed by atoms with van der Waals surface area (Å²) in [4.78, 5) is 23.9. The van der Waals surface area contributed by atoms with Crippen molar-refractivity contribution in [2.45, 2.75) is 16.8 Å². The number of hydrogen-bond donors (Lipinski definition) is 0. The Morgan fingerprint density at radius 2 is 1.85 bits per heavy atom. The summed E-state index contributed by atoms with van der Waals surface area (Å²) >= 11 is 1.34. The summed E-state index contributed by atoms with van der Waals surface area (Å²) in [5, 5.41) is 9.81. The van der Waals surface area contributed by atoms with Crippen LogP contribution in [0.4, 0.5) is 0 Å². The van der Waals surface area contributed by atoms with Crippen LogP contribution < -0.4 is 0 Å². The molecule has 1 aromatic carbocycles. The monoisotopic (exact) mass is 483 g/mol. The third-order valence-electron chi connectivity index (χ3n) is 5.36. The minimum absolute atomic E-state index is 0.0188. The van der Waals surface area contributed by atoms with E-state index < -0.39 is 10.0 Å². The molecule has 11 heteroatoms. The zero-order chi connectivity index (χ0) is 23.6. The third kappa shape index (κ3) is 4.37. The fourth-order valence-electron chi connectivity index (χ4n) is 3.67. The zero-order valence-corrected chi connectivity index (χ0v) is 19.7. The molecule has 1 fully saturated rings. The van der Waals surface area contributed by atoms with Crippen LogP contribution >= 0.6 is 11.8 Å². The summed E-state index contributed by atoms with van der Waals surface area (Å²) in [5.74, 6) is 0.687. The van der Waals surface area contributed by atoms with E-state index in [-0.39, 0.29) is 42.5 Å². The maximum absolute atomic E-state index is 13.3. The maximum atomic E-state index is 13.3. The molecule has 1 aliphatic rings. The molecule has 9 nitrogen and oxygen atoms in total. The van der Waals surface area contributed by atoms with E-state index in [4.69, 9.17) is 4.42 Å². The van der Waals surface area contributed by atoms with Gasteiger partial charge in [-0.3, -0.25) is 4.79 Å². The molecule has 3 aromatic rings. The van der Waals surface area contributed by atoms with Crippen LogP contribution in [0.1, 0.15) is 21.6 Å². The van der Waals surface area contributed by atoms with Gasteiger partial charge in [-0.1, -0.05) is 12.1 Å². The lowest BCUT2D eigenvalue weighted by Gasteiger charge is -2.34. The molecule has 1 aliphatic heterocycles. The lowest BCUT2D eigenvalue weighted by Crippen LogP contribution is -2.50. The Kier molecular flexibility index (Phi) is 6.51. The number of nitriles is 1. The normalized spacial score (nSPS) is 14.8. The quantitative estimate of drug-likeness (QED) is 0.401. The number of rotatable bonds is 5. The number of benzene rings is 1. The van der Waals surface area contributed by atoms with Gasteiger partial charge >= 0.3 is 0 Å². The number of thioether (sulfide) groups is 1. The fraction of sp³-hybridized carbons (Fsp3) is 0.273. The molecule has 0 aliphatic carbocycles. The van der Waals surface area contributed by atoms with Crippen molar-refractivity contribution >= 4 is 27.7 Å². The Morgan fingerprint density at radius 3 is 2.48 bits per heavy atom. The Labute approximate surface area is 196 Å². The van der Waals surface area contributed by atoms with E-state index in [0.717, 1.165) is 0 Å².